The lowest BCUT2D eigenvalue weighted by Gasteiger charge is -2.33. The number of aromatic nitrogens is 3. The molecule has 3 heterocycles. The number of hydrogen-bond acceptors (Lipinski definition) is 5. The van der Waals surface area contributed by atoms with Gasteiger partial charge in [-0.05, 0) is 55.6 Å². The first kappa shape index (κ1) is 17.7. The van der Waals surface area contributed by atoms with Crippen molar-refractivity contribution in [2.45, 2.75) is 45.1 Å². The van der Waals surface area contributed by atoms with Gasteiger partial charge in [-0.15, -0.1) is 0 Å². The molecule has 1 fully saturated rings. The molecule has 0 radical (unpaired) electrons. The minimum Gasteiger partial charge on any atom is -0.444 e. The summed E-state index contributed by atoms with van der Waals surface area (Å²) in [6, 6.07) is 4.06. The van der Waals surface area contributed by atoms with Crippen LogP contribution in [0.2, 0.25) is 0 Å². The lowest BCUT2D eigenvalue weighted by atomic mass is 9.93. The van der Waals surface area contributed by atoms with Crippen molar-refractivity contribution in [1.29, 1.82) is 5.26 Å². The van der Waals surface area contributed by atoms with E-state index in [0.29, 0.717) is 28.9 Å². The monoisotopic (exact) mass is 405 g/mol. The van der Waals surface area contributed by atoms with Crippen LogP contribution in [0.3, 0.4) is 0 Å². The summed E-state index contributed by atoms with van der Waals surface area (Å²) in [4.78, 5) is 18.2. The molecule has 0 unspecified atom stereocenters. The number of ether oxygens (including phenoxy) is 1. The summed E-state index contributed by atoms with van der Waals surface area (Å²) in [5.41, 5.74) is 1.52. The fourth-order valence-electron chi connectivity index (χ4n) is 3.03. The van der Waals surface area contributed by atoms with E-state index in [1.54, 1.807) is 15.6 Å². The Kier molecular flexibility index (Phi) is 4.69. The van der Waals surface area contributed by atoms with Crippen molar-refractivity contribution in [1.82, 2.24) is 19.5 Å². The number of piperidine rings is 1. The Morgan fingerprint density at radius 1 is 1.40 bits per heavy atom. The zero-order valence-corrected chi connectivity index (χ0v) is 16.1. The summed E-state index contributed by atoms with van der Waals surface area (Å²) in [5, 5.41) is 13.7. The number of nitrogens with zero attached hydrogens (tertiary/aromatic N) is 5. The highest BCUT2D eigenvalue weighted by atomic mass is 79.9. The Balaban J connectivity index is 1.77. The predicted octanol–water partition coefficient (Wildman–Crippen LogP) is 3.48. The molecule has 132 valence electrons. The summed E-state index contributed by atoms with van der Waals surface area (Å²) in [5.74, 6) is 0.252. The van der Waals surface area contributed by atoms with Crippen molar-refractivity contribution in [3.8, 4) is 6.07 Å². The molecule has 0 spiro atoms. The second-order valence-corrected chi connectivity index (χ2v) is 7.88. The summed E-state index contributed by atoms with van der Waals surface area (Å²) in [7, 11) is 0. The van der Waals surface area contributed by atoms with Gasteiger partial charge in [0.25, 0.3) is 0 Å². The van der Waals surface area contributed by atoms with Gasteiger partial charge in [0, 0.05) is 30.9 Å². The molecule has 1 amide bonds. The first-order valence-electron chi connectivity index (χ1n) is 8.21. The minimum atomic E-state index is -0.486. The summed E-state index contributed by atoms with van der Waals surface area (Å²) < 4.78 is 7.67. The number of carbonyl (C=O) groups excluding carboxylic acids is 1. The third kappa shape index (κ3) is 3.61. The molecule has 1 aliphatic rings. The standard InChI is InChI=1S/C17H20BrN5O2/c1-17(2,3)25-16(24)22-8-5-11(6-9-22)13-4-7-20-15-12(10-19)14(18)21-23(13)15/h4,7,11H,5-6,8-9H2,1-3H3. The number of rotatable bonds is 1. The second kappa shape index (κ2) is 6.64. The molecule has 0 aromatic carbocycles. The van der Waals surface area contributed by atoms with Gasteiger partial charge in [0.1, 0.15) is 21.8 Å². The lowest BCUT2D eigenvalue weighted by Crippen LogP contribution is -2.41. The average Bonchev–Trinajstić information content (AvgIpc) is 2.88. The maximum absolute atomic E-state index is 12.2. The molecule has 1 saturated heterocycles. The first-order valence-corrected chi connectivity index (χ1v) is 9.00. The number of amides is 1. The fraction of sp³-hybridized carbons (Fsp3) is 0.529. The van der Waals surface area contributed by atoms with E-state index < -0.39 is 5.60 Å². The van der Waals surface area contributed by atoms with E-state index in [0.717, 1.165) is 18.5 Å². The van der Waals surface area contributed by atoms with E-state index in [9.17, 15) is 10.1 Å². The van der Waals surface area contributed by atoms with Crippen molar-refractivity contribution in [2.24, 2.45) is 0 Å². The number of hydrogen-bond donors (Lipinski definition) is 0. The molecule has 3 rings (SSSR count). The molecule has 8 heteroatoms. The Morgan fingerprint density at radius 2 is 2.08 bits per heavy atom. The van der Waals surface area contributed by atoms with Crippen LogP contribution in [0, 0.1) is 11.3 Å². The van der Waals surface area contributed by atoms with E-state index in [-0.39, 0.29) is 12.0 Å². The zero-order valence-electron chi connectivity index (χ0n) is 14.5. The van der Waals surface area contributed by atoms with Crippen molar-refractivity contribution in [3.05, 3.63) is 28.1 Å². The molecular weight excluding hydrogens is 386 g/mol. The number of carbonyl (C=O) groups is 1. The van der Waals surface area contributed by atoms with Crippen LogP contribution in [0.5, 0.6) is 0 Å². The van der Waals surface area contributed by atoms with Gasteiger partial charge in [-0.2, -0.15) is 10.4 Å². The van der Waals surface area contributed by atoms with Gasteiger partial charge >= 0.3 is 6.09 Å². The largest absolute Gasteiger partial charge is 0.444 e. The Morgan fingerprint density at radius 3 is 2.68 bits per heavy atom. The van der Waals surface area contributed by atoms with E-state index in [4.69, 9.17) is 4.74 Å². The molecular formula is C17H20BrN5O2. The van der Waals surface area contributed by atoms with Gasteiger partial charge < -0.3 is 9.64 Å². The highest BCUT2D eigenvalue weighted by Crippen LogP contribution is 2.30. The molecule has 2 aromatic heterocycles. The van der Waals surface area contributed by atoms with Crippen LogP contribution in [0.1, 0.15) is 50.8 Å². The molecule has 0 bridgehead atoms. The average molecular weight is 406 g/mol. The van der Waals surface area contributed by atoms with Crippen LogP contribution < -0.4 is 0 Å². The van der Waals surface area contributed by atoms with Crippen LogP contribution >= 0.6 is 15.9 Å². The van der Waals surface area contributed by atoms with Crippen molar-refractivity contribution >= 4 is 27.7 Å². The highest BCUT2D eigenvalue weighted by Gasteiger charge is 2.29. The third-order valence-corrected chi connectivity index (χ3v) is 4.74. The summed E-state index contributed by atoms with van der Waals surface area (Å²) in [6.45, 7) is 6.88. The summed E-state index contributed by atoms with van der Waals surface area (Å²) >= 11 is 3.32. The molecule has 7 nitrogen and oxygen atoms in total. The van der Waals surface area contributed by atoms with Crippen molar-refractivity contribution in [2.75, 3.05) is 13.1 Å². The highest BCUT2D eigenvalue weighted by molar-refractivity contribution is 9.10. The molecule has 1 aliphatic heterocycles. The van der Waals surface area contributed by atoms with Crippen LogP contribution in [0.25, 0.3) is 5.65 Å². The molecule has 0 atom stereocenters. The zero-order chi connectivity index (χ0) is 18.2. The number of halogens is 1. The van der Waals surface area contributed by atoms with E-state index >= 15 is 0 Å². The third-order valence-electron chi connectivity index (χ3n) is 4.18. The molecule has 2 aromatic rings. The van der Waals surface area contributed by atoms with E-state index in [2.05, 4.69) is 32.1 Å². The maximum Gasteiger partial charge on any atom is 0.410 e. The van der Waals surface area contributed by atoms with E-state index in [1.807, 2.05) is 26.8 Å². The molecule has 25 heavy (non-hydrogen) atoms. The van der Waals surface area contributed by atoms with Gasteiger partial charge in [0.2, 0.25) is 0 Å². The molecule has 0 aliphatic carbocycles. The Labute approximate surface area is 154 Å². The van der Waals surface area contributed by atoms with Gasteiger partial charge in [-0.1, -0.05) is 0 Å². The number of fused-ring (bicyclic) bond motifs is 1. The SMILES string of the molecule is CC(C)(C)OC(=O)N1CCC(c2ccnc3c(C#N)c(Br)nn23)CC1. The molecule has 0 N–H and O–H groups in total. The van der Waals surface area contributed by atoms with Crippen LogP contribution in [-0.2, 0) is 4.74 Å². The quantitative estimate of drug-likeness (QED) is 0.724. The van der Waals surface area contributed by atoms with Crippen molar-refractivity contribution < 1.29 is 9.53 Å². The minimum absolute atomic E-state index is 0.252. The van der Waals surface area contributed by atoms with Crippen LogP contribution in [0.4, 0.5) is 4.79 Å². The molecule has 0 saturated carbocycles. The number of likely N-dealkylation sites (tertiary alicyclic amines) is 1. The fourth-order valence-corrected chi connectivity index (χ4v) is 3.45. The normalized spacial score (nSPS) is 16.0. The van der Waals surface area contributed by atoms with Gasteiger partial charge in [-0.25, -0.2) is 14.3 Å². The van der Waals surface area contributed by atoms with E-state index in [1.165, 1.54) is 0 Å². The van der Waals surface area contributed by atoms with Crippen LogP contribution in [-0.4, -0.2) is 44.3 Å². The van der Waals surface area contributed by atoms with Crippen LogP contribution in [0.15, 0.2) is 16.9 Å². The van der Waals surface area contributed by atoms with Gasteiger partial charge in [0.05, 0.1) is 0 Å². The van der Waals surface area contributed by atoms with Gasteiger partial charge in [-0.3, -0.25) is 0 Å². The first-order chi connectivity index (χ1) is 11.8. The number of nitriles is 1. The second-order valence-electron chi connectivity index (χ2n) is 7.12. The topological polar surface area (TPSA) is 83.5 Å². The van der Waals surface area contributed by atoms with Gasteiger partial charge in [0.15, 0.2) is 5.65 Å². The maximum atomic E-state index is 12.2. The summed E-state index contributed by atoms with van der Waals surface area (Å²) in [6.07, 6.45) is 3.08. The smallest absolute Gasteiger partial charge is 0.410 e. The Hall–Kier alpha value is -2.14. The Bertz CT molecular complexity index is 841. The predicted molar refractivity (Wildman–Crippen MR) is 95.2 cm³/mol. The lowest BCUT2D eigenvalue weighted by molar-refractivity contribution is 0.0203. The van der Waals surface area contributed by atoms with Crippen molar-refractivity contribution in [3.63, 3.8) is 0 Å².